The van der Waals surface area contributed by atoms with Crippen LogP contribution in [0.4, 0.5) is 10.5 Å². The van der Waals surface area contributed by atoms with Crippen LogP contribution >= 0.6 is 12.2 Å². The molecule has 0 spiro atoms. The van der Waals surface area contributed by atoms with Gasteiger partial charge in [0.2, 0.25) is 5.91 Å². The van der Waals surface area contributed by atoms with Crippen LogP contribution in [0.3, 0.4) is 0 Å². The molecule has 124 valence electrons. The van der Waals surface area contributed by atoms with Crippen molar-refractivity contribution in [3.63, 3.8) is 0 Å². The minimum absolute atomic E-state index is 0.0384. The van der Waals surface area contributed by atoms with E-state index in [9.17, 15) is 9.59 Å². The molecule has 0 saturated carbocycles. The van der Waals surface area contributed by atoms with E-state index in [4.69, 9.17) is 16.6 Å². The van der Waals surface area contributed by atoms with Gasteiger partial charge >= 0.3 is 6.03 Å². The van der Waals surface area contributed by atoms with Gasteiger partial charge in [-0.25, -0.2) is 10.2 Å². The molecule has 24 heavy (non-hydrogen) atoms. The number of hydrogen-bond acceptors (Lipinski definition) is 4. The molecule has 1 aromatic heterocycles. The maximum Gasteiger partial charge on any atom is 0.337 e. The van der Waals surface area contributed by atoms with Crippen molar-refractivity contribution >= 4 is 41.0 Å². The Hall–Kier alpha value is -3.13. The number of thiocarbonyl (C=S) groups is 1. The number of carbonyl (C=O) groups excluding carboxylic acids is 2. The number of urea groups is 1. The van der Waals surface area contributed by atoms with Gasteiger partial charge < -0.3 is 9.73 Å². The van der Waals surface area contributed by atoms with E-state index in [0.717, 1.165) is 5.76 Å². The van der Waals surface area contributed by atoms with Crippen LogP contribution in [0.25, 0.3) is 6.08 Å². The Kier molecular flexibility index (Phi) is 6.09. The lowest BCUT2D eigenvalue weighted by Crippen LogP contribution is -2.49. The van der Waals surface area contributed by atoms with Crippen molar-refractivity contribution in [1.29, 1.82) is 0 Å². The second-order valence-electron chi connectivity index (χ2n) is 4.67. The fourth-order valence-electron chi connectivity index (χ4n) is 1.68. The first-order chi connectivity index (χ1) is 11.5. The lowest BCUT2D eigenvalue weighted by molar-refractivity contribution is -0.115. The van der Waals surface area contributed by atoms with E-state index in [1.54, 1.807) is 36.4 Å². The molecule has 0 fully saturated rings. The number of aryl methyl sites for hydroxylation is 1. The quantitative estimate of drug-likeness (QED) is 0.389. The van der Waals surface area contributed by atoms with Crippen LogP contribution in [0.15, 0.2) is 53.0 Å². The molecule has 7 nitrogen and oxygen atoms in total. The fourth-order valence-corrected chi connectivity index (χ4v) is 1.83. The van der Waals surface area contributed by atoms with Crippen LogP contribution in [0.1, 0.15) is 11.5 Å². The number of furan rings is 1. The maximum atomic E-state index is 11.7. The lowest BCUT2D eigenvalue weighted by Gasteiger charge is -2.10. The molecule has 1 heterocycles. The molecule has 0 aliphatic carbocycles. The molecule has 0 saturated heterocycles. The summed E-state index contributed by atoms with van der Waals surface area (Å²) in [5.74, 6) is 0.856. The number of rotatable bonds is 3. The Balaban J connectivity index is 1.71. The first kappa shape index (κ1) is 17.2. The second kappa shape index (κ2) is 8.49. The highest BCUT2D eigenvalue weighted by Crippen LogP contribution is 2.07. The van der Waals surface area contributed by atoms with Crippen LogP contribution in [-0.4, -0.2) is 17.1 Å². The molecule has 3 amide bonds. The fraction of sp³-hybridized carbons (Fsp3) is 0.0625. The van der Waals surface area contributed by atoms with Crippen LogP contribution in [0.2, 0.25) is 0 Å². The first-order valence-electron chi connectivity index (χ1n) is 7.00. The smallest absolute Gasteiger partial charge is 0.337 e. The molecular weight excluding hydrogens is 328 g/mol. The third-order valence-electron chi connectivity index (χ3n) is 2.72. The molecular formula is C16H16N4O3S. The SMILES string of the molecule is Cc1ccc(C=CC(=O)NC(=S)NNC(=O)Nc2ccccc2)o1. The number of para-hydroxylation sites is 1. The van der Waals surface area contributed by atoms with Crippen molar-refractivity contribution in [2.24, 2.45) is 0 Å². The van der Waals surface area contributed by atoms with E-state index in [1.807, 2.05) is 13.0 Å². The molecule has 0 aliphatic heterocycles. The first-order valence-corrected chi connectivity index (χ1v) is 7.41. The predicted molar refractivity (Wildman–Crippen MR) is 95.0 cm³/mol. The standard InChI is InChI=1S/C16H16N4O3S/c1-11-7-8-13(23-11)9-10-14(21)18-16(24)20-19-15(22)17-12-5-3-2-4-6-12/h2-10H,1H3,(H2,17,19,22)(H2,18,20,21,24). The average Bonchev–Trinajstić information content (AvgIpc) is 2.97. The van der Waals surface area contributed by atoms with Crippen molar-refractivity contribution < 1.29 is 14.0 Å². The van der Waals surface area contributed by atoms with Crippen LogP contribution in [0, 0.1) is 6.92 Å². The van der Waals surface area contributed by atoms with Crippen molar-refractivity contribution in [2.75, 3.05) is 5.32 Å². The zero-order valence-corrected chi connectivity index (χ0v) is 13.6. The number of hydrogen-bond donors (Lipinski definition) is 4. The third kappa shape index (κ3) is 5.93. The molecule has 0 unspecified atom stereocenters. The second-order valence-corrected chi connectivity index (χ2v) is 5.08. The molecule has 4 N–H and O–H groups in total. The van der Waals surface area contributed by atoms with Gasteiger partial charge in [0.25, 0.3) is 0 Å². The normalized spacial score (nSPS) is 10.2. The molecule has 2 rings (SSSR count). The van der Waals surface area contributed by atoms with Gasteiger partial charge in [-0.05, 0) is 49.5 Å². The molecule has 1 aromatic carbocycles. The van der Waals surface area contributed by atoms with Crippen molar-refractivity contribution in [3.05, 3.63) is 60.1 Å². The van der Waals surface area contributed by atoms with Gasteiger partial charge in [-0.15, -0.1) is 0 Å². The topological polar surface area (TPSA) is 95.4 Å². The molecule has 0 aliphatic rings. The van der Waals surface area contributed by atoms with Gasteiger partial charge in [0.15, 0.2) is 5.11 Å². The van der Waals surface area contributed by atoms with Gasteiger partial charge in [0.05, 0.1) is 0 Å². The van der Waals surface area contributed by atoms with E-state index in [1.165, 1.54) is 12.2 Å². The number of amides is 3. The summed E-state index contributed by atoms with van der Waals surface area (Å²) in [6, 6.07) is 11.9. The lowest BCUT2D eigenvalue weighted by atomic mass is 10.3. The van der Waals surface area contributed by atoms with Crippen LogP contribution < -0.4 is 21.5 Å². The minimum atomic E-state index is -0.514. The Morgan fingerprint density at radius 3 is 2.50 bits per heavy atom. The van der Waals surface area contributed by atoms with Crippen molar-refractivity contribution in [3.8, 4) is 0 Å². The number of benzene rings is 1. The monoisotopic (exact) mass is 344 g/mol. The van der Waals surface area contributed by atoms with Gasteiger partial charge in [-0.3, -0.25) is 15.5 Å². The van der Waals surface area contributed by atoms with E-state index < -0.39 is 11.9 Å². The third-order valence-corrected chi connectivity index (χ3v) is 2.92. The highest BCUT2D eigenvalue weighted by molar-refractivity contribution is 7.80. The van der Waals surface area contributed by atoms with Crippen molar-refractivity contribution in [2.45, 2.75) is 6.92 Å². The molecule has 0 atom stereocenters. The summed E-state index contributed by atoms with van der Waals surface area (Å²) in [6.07, 6.45) is 2.79. The van der Waals surface area contributed by atoms with Gasteiger partial charge in [-0.1, -0.05) is 18.2 Å². The number of anilines is 1. The summed E-state index contributed by atoms with van der Waals surface area (Å²) in [5.41, 5.74) is 5.36. The number of carbonyl (C=O) groups is 2. The Morgan fingerprint density at radius 1 is 1.08 bits per heavy atom. The maximum absolute atomic E-state index is 11.7. The summed E-state index contributed by atoms with van der Waals surface area (Å²) in [4.78, 5) is 23.3. The van der Waals surface area contributed by atoms with Gasteiger partial charge in [0, 0.05) is 11.8 Å². The Bertz CT molecular complexity index is 756. The van der Waals surface area contributed by atoms with Crippen LogP contribution in [-0.2, 0) is 4.79 Å². The number of nitrogens with one attached hydrogen (secondary N) is 4. The highest BCUT2D eigenvalue weighted by Gasteiger charge is 2.04. The van der Waals surface area contributed by atoms with Crippen LogP contribution in [0.5, 0.6) is 0 Å². The highest BCUT2D eigenvalue weighted by atomic mass is 32.1. The van der Waals surface area contributed by atoms with E-state index in [0.29, 0.717) is 11.4 Å². The van der Waals surface area contributed by atoms with E-state index in [2.05, 4.69) is 21.5 Å². The zero-order chi connectivity index (χ0) is 17.4. The van der Waals surface area contributed by atoms with E-state index >= 15 is 0 Å². The predicted octanol–water partition coefficient (Wildman–Crippen LogP) is 2.33. The minimum Gasteiger partial charge on any atom is -0.462 e. The Morgan fingerprint density at radius 2 is 1.83 bits per heavy atom. The average molecular weight is 344 g/mol. The van der Waals surface area contributed by atoms with Gasteiger partial charge in [-0.2, -0.15) is 0 Å². The Labute approximate surface area is 144 Å². The van der Waals surface area contributed by atoms with Gasteiger partial charge in [0.1, 0.15) is 11.5 Å². The molecule has 8 heteroatoms. The zero-order valence-electron chi connectivity index (χ0n) is 12.8. The largest absolute Gasteiger partial charge is 0.462 e. The summed E-state index contributed by atoms with van der Waals surface area (Å²) in [6.45, 7) is 1.81. The summed E-state index contributed by atoms with van der Waals surface area (Å²) in [7, 11) is 0. The molecule has 0 radical (unpaired) electrons. The van der Waals surface area contributed by atoms with E-state index in [-0.39, 0.29) is 5.11 Å². The number of hydrazine groups is 1. The molecule has 0 bridgehead atoms. The van der Waals surface area contributed by atoms with Crippen molar-refractivity contribution in [1.82, 2.24) is 16.2 Å². The molecule has 2 aromatic rings. The summed E-state index contributed by atoms with van der Waals surface area (Å²) < 4.78 is 5.29. The summed E-state index contributed by atoms with van der Waals surface area (Å²) >= 11 is 4.91. The summed E-state index contributed by atoms with van der Waals surface area (Å²) in [5, 5.41) is 4.94.